The van der Waals surface area contributed by atoms with Crippen molar-refractivity contribution in [1.82, 2.24) is 10.3 Å². The lowest BCUT2D eigenvalue weighted by atomic mass is 10.1. The molecule has 2 aromatic heterocycles. The minimum Gasteiger partial charge on any atom is -0.497 e. The molecule has 1 amide bonds. The first-order valence-electron chi connectivity index (χ1n) is 9.08. The summed E-state index contributed by atoms with van der Waals surface area (Å²) in [6.45, 7) is 0.574. The van der Waals surface area contributed by atoms with Gasteiger partial charge in [-0.15, -0.1) is 11.3 Å². The molecule has 0 aliphatic heterocycles. The van der Waals surface area contributed by atoms with E-state index in [1.165, 1.54) is 4.70 Å². The van der Waals surface area contributed by atoms with Gasteiger partial charge in [-0.3, -0.25) is 9.78 Å². The molecule has 0 atom stereocenters. The van der Waals surface area contributed by atoms with Gasteiger partial charge in [0.25, 0.3) is 5.91 Å². The minimum atomic E-state index is -0.0864. The Morgan fingerprint density at radius 3 is 2.75 bits per heavy atom. The van der Waals surface area contributed by atoms with Gasteiger partial charge in [0, 0.05) is 39.3 Å². The highest BCUT2D eigenvalue weighted by Gasteiger charge is 2.11. The number of carbonyl (C=O) groups is 1. The third-order valence-electron chi connectivity index (χ3n) is 4.64. The Morgan fingerprint density at radius 1 is 1.11 bits per heavy atom. The van der Waals surface area contributed by atoms with Crippen LogP contribution in [0.3, 0.4) is 0 Å². The number of nitrogens with zero attached hydrogens (tertiary/aromatic N) is 1. The summed E-state index contributed by atoms with van der Waals surface area (Å²) in [5.41, 5.74) is 3.66. The highest BCUT2D eigenvalue weighted by atomic mass is 32.1. The molecule has 0 unspecified atom stereocenters. The quantitative estimate of drug-likeness (QED) is 0.509. The zero-order valence-electron chi connectivity index (χ0n) is 15.5. The SMILES string of the molecule is COc1ccc(CCNC(=O)c2ccnc(-c3csc4ccccc34)c2)cc1. The van der Waals surface area contributed by atoms with Gasteiger partial charge in [0.15, 0.2) is 0 Å². The molecule has 0 aliphatic rings. The topological polar surface area (TPSA) is 51.2 Å². The van der Waals surface area contributed by atoms with Gasteiger partial charge in [0.2, 0.25) is 0 Å². The van der Waals surface area contributed by atoms with E-state index >= 15 is 0 Å². The van der Waals surface area contributed by atoms with E-state index in [0.29, 0.717) is 12.1 Å². The normalized spacial score (nSPS) is 10.8. The number of aromatic nitrogens is 1. The second-order valence-corrected chi connectivity index (χ2v) is 7.34. The van der Waals surface area contributed by atoms with Gasteiger partial charge in [-0.25, -0.2) is 0 Å². The molecule has 0 saturated carbocycles. The summed E-state index contributed by atoms with van der Waals surface area (Å²) in [4.78, 5) is 17.0. The summed E-state index contributed by atoms with van der Waals surface area (Å²) in [6.07, 6.45) is 2.46. The van der Waals surface area contributed by atoms with Crippen molar-refractivity contribution in [3.05, 3.63) is 83.4 Å². The summed E-state index contributed by atoms with van der Waals surface area (Å²) in [5, 5.41) is 6.25. The molecular formula is C23H20N2O2S. The Kier molecular flexibility index (Phi) is 5.35. The van der Waals surface area contributed by atoms with Gasteiger partial charge < -0.3 is 10.1 Å². The average Bonchev–Trinajstić information content (AvgIpc) is 3.18. The molecule has 140 valence electrons. The first-order valence-corrected chi connectivity index (χ1v) is 9.96. The fourth-order valence-corrected chi connectivity index (χ4v) is 4.06. The van der Waals surface area contributed by atoms with Crippen LogP contribution in [0.1, 0.15) is 15.9 Å². The van der Waals surface area contributed by atoms with Crippen LogP contribution in [0.4, 0.5) is 0 Å². The largest absolute Gasteiger partial charge is 0.497 e. The van der Waals surface area contributed by atoms with Gasteiger partial charge in [0.1, 0.15) is 5.75 Å². The van der Waals surface area contributed by atoms with Gasteiger partial charge >= 0.3 is 0 Å². The van der Waals surface area contributed by atoms with E-state index in [1.54, 1.807) is 30.7 Å². The smallest absolute Gasteiger partial charge is 0.251 e. The Labute approximate surface area is 167 Å². The number of carbonyl (C=O) groups excluding carboxylic acids is 1. The lowest BCUT2D eigenvalue weighted by Crippen LogP contribution is -2.25. The fourth-order valence-electron chi connectivity index (χ4n) is 3.11. The number of hydrogen-bond donors (Lipinski definition) is 1. The van der Waals surface area contributed by atoms with Crippen LogP contribution in [0.25, 0.3) is 21.3 Å². The van der Waals surface area contributed by atoms with Crippen molar-refractivity contribution < 1.29 is 9.53 Å². The van der Waals surface area contributed by atoms with Crippen molar-refractivity contribution in [1.29, 1.82) is 0 Å². The molecule has 0 bridgehead atoms. The number of amides is 1. The molecule has 0 spiro atoms. The molecule has 5 heteroatoms. The number of pyridine rings is 1. The third kappa shape index (κ3) is 3.89. The van der Waals surface area contributed by atoms with Crippen LogP contribution in [-0.4, -0.2) is 24.5 Å². The van der Waals surface area contributed by atoms with E-state index in [1.807, 2.05) is 42.5 Å². The number of benzene rings is 2. The van der Waals surface area contributed by atoms with Crippen LogP contribution in [0.2, 0.25) is 0 Å². The molecule has 4 nitrogen and oxygen atoms in total. The maximum Gasteiger partial charge on any atom is 0.251 e. The predicted octanol–water partition coefficient (Wildman–Crippen LogP) is 4.94. The Hall–Kier alpha value is -3.18. The highest BCUT2D eigenvalue weighted by molar-refractivity contribution is 7.17. The minimum absolute atomic E-state index is 0.0864. The molecule has 4 aromatic rings. The maximum absolute atomic E-state index is 12.6. The maximum atomic E-state index is 12.6. The van der Waals surface area contributed by atoms with Crippen LogP contribution >= 0.6 is 11.3 Å². The molecule has 2 heterocycles. The lowest BCUT2D eigenvalue weighted by Gasteiger charge is -2.07. The van der Waals surface area contributed by atoms with Crippen LogP contribution in [0.15, 0.2) is 72.2 Å². The molecule has 0 radical (unpaired) electrons. The van der Waals surface area contributed by atoms with Crippen molar-refractivity contribution >= 4 is 27.3 Å². The second kappa shape index (κ2) is 8.23. The summed E-state index contributed by atoms with van der Waals surface area (Å²) in [5.74, 6) is 0.745. The first kappa shape index (κ1) is 18.2. The number of fused-ring (bicyclic) bond motifs is 1. The average molecular weight is 388 g/mol. The van der Waals surface area contributed by atoms with Crippen molar-refractivity contribution in [3.63, 3.8) is 0 Å². The first-order chi connectivity index (χ1) is 13.7. The summed E-state index contributed by atoms with van der Waals surface area (Å²) >= 11 is 1.69. The van der Waals surface area contributed by atoms with Crippen LogP contribution in [-0.2, 0) is 6.42 Å². The number of hydrogen-bond acceptors (Lipinski definition) is 4. The van der Waals surface area contributed by atoms with Crippen molar-refractivity contribution in [3.8, 4) is 17.0 Å². The van der Waals surface area contributed by atoms with Gasteiger partial charge in [-0.1, -0.05) is 30.3 Å². The number of rotatable bonds is 6. The van der Waals surface area contributed by atoms with Gasteiger partial charge in [-0.05, 0) is 42.3 Å². The van der Waals surface area contributed by atoms with E-state index in [4.69, 9.17) is 4.74 Å². The second-order valence-electron chi connectivity index (χ2n) is 6.43. The van der Waals surface area contributed by atoms with E-state index in [9.17, 15) is 4.79 Å². The summed E-state index contributed by atoms with van der Waals surface area (Å²) in [6, 6.07) is 19.7. The summed E-state index contributed by atoms with van der Waals surface area (Å²) < 4.78 is 6.38. The number of methoxy groups -OCH3 is 1. The Balaban J connectivity index is 1.44. The lowest BCUT2D eigenvalue weighted by molar-refractivity contribution is 0.0954. The number of ether oxygens (including phenoxy) is 1. The van der Waals surface area contributed by atoms with Crippen LogP contribution < -0.4 is 10.1 Å². The van der Waals surface area contributed by atoms with Crippen molar-refractivity contribution in [2.24, 2.45) is 0 Å². The number of thiophene rings is 1. The monoisotopic (exact) mass is 388 g/mol. The van der Waals surface area contributed by atoms with E-state index in [0.717, 1.165) is 34.4 Å². The standard InChI is InChI=1S/C23H20N2O2S/c1-27-18-8-6-16(7-9-18)10-12-25-23(26)17-11-13-24-21(14-17)20-15-28-22-5-3-2-4-19(20)22/h2-9,11,13-15H,10,12H2,1H3,(H,25,26). The Bertz CT molecular complexity index is 1100. The van der Waals surface area contributed by atoms with E-state index in [2.05, 4.69) is 27.8 Å². The molecule has 1 N–H and O–H groups in total. The highest BCUT2D eigenvalue weighted by Crippen LogP contribution is 2.32. The Morgan fingerprint density at radius 2 is 1.93 bits per heavy atom. The predicted molar refractivity (Wildman–Crippen MR) is 114 cm³/mol. The van der Waals surface area contributed by atoms with Crippen molar-refractivity contribution in [2.45, 2.75) is 6.42 Å². The van der Waals surface area contributed by atoms with Gasteiger partial charge in [0.05, 0.1) is 12.8 Å². The molecule has 4 rings (SSSR count). The molecular weight excluding hydrogens is 368 g/mol. The molecule has 2 aromatic carbocycles. The van der Waals surface area contributed by atoms with Crippen molar-refractivity contribution in [2.75, 3.05) is 13.7 Å². The fraction of sp³-hybridized carbons (Fsp3) is 0.130. The molecule has 28 heavy (non-hydrogen) atoms. The number of nitrogens with one attached hydrogen (secondary N) is 1. The van der Waals surface area contributed by atoms with E-state index in [-0.39, 0.29) is 5.91 Å². The molecule has 0 saturated heterocycles. The van der Waals surface area contributed by atoms with Crippen LogP contribution in [0.5, 0.6) is 5.75 Å². The summed E-state index contributed by atoms with van der Waals surface area (Å²) in [7, 11) is 1.65. The molecule has 0 aliphatic carbocycles. The third-order valence-corrected chi connectivity index (χ3v) is 5.60. The van der Waals surface area contributed by atoms with Gasteiger partial charge in [-0.2, -0.15) is 0 Å². The van der Waals surface area contributed by atoms with Crippen LogP contribution in [0, 0.1) is 0 Å². The molecule has 0 fully saturated rings. The van der Waals surface area contributed by atoms with E-state index < -0.39 is 0 Å². The zero-order chi connectivity index (χ0) is 19.3. The zero-order valence-corrected chi connectivity index (χ0v) is 16.3.